The standard InChI is InChI=1S/C9H14N4S/c1-4-9(2,3)13-8(12-7-10)11-5-6-14/h1,14H,5-6H2,2-3H3,(H2,11,12,13). The molecule has 0 saturated carbocycles. The molecule has 2 N–H and O–H groups in total. The summed E-state index contributed by atoms with van der Waals surface area (Å²) in [6.07, 6.45) is 7.07. The molecule has 76 valence electrons. The van der Waals surface area contributed by atoms with E-state index >= 15 is 0 Å². The first-order valence-electron chi connectivity index (χ1n) is 4.12. The number of nitrogens with one attached hydrogen (secondary N) is 2. The van der Waals surface area contributed by atoms with Crippen LogP contribution in [0.1, 0.15) is 13.8 Å². The predicted octanol–water partition coefficient (Wildman–Crippen LogP) is 0.344. The molecule has 0 aliphatic carbocycles. The van der Waals surface area contributed by atoms with Gasteiger partial charge < -0.3 is 5.32 Å². The summed E-state index contributed by atoms with van der Waals surface area (Å²) in [4.78, 5) is 4.07. The van der Waals surface area contributed by atoms with Crippen LogP contribution in [-0.4, -0.2) is 23.8 Å². The van der Waals surface area contributed by atoms with Gasteiger partial charge in [0.2, 0.25) is 5.96 Å². The minimum atomic E-state index is -0.528. The van der Waals surface area contributed by atoms with Crippen LogP contribution in [-0.2, 0) is 0 Å². The van der Waals surface area contributed by atoms with Crippen molar-refractivity contribution in [1.29, 1.82) is 5.26 Å². The molecule has 0 spiro atoms. The smallest absolute Gasteiger partial charge is 0.205 e. The lowest BCUT2D eigenvalue weighted by Crippen LogP contribution is -2.47. The van der Waals surface area contributed by atoms with Crippen molar-refractivity contribution >= 4 is 18.6 Å². The highest BCUT2D eigenvalue weighted by molar-refractivity contribution is 7.80. The molecule has 0 saturated heterocycles. The zero-order valence-electron chi connectivity index (χ0n) is 8.33. The van der Waals surface area contributed by atoms with E-state index in [1.165, 1.54) is 0 Å². The van der Waals surface area contributed by atoms with Crippen LogP contribution in [0.15, 0.2) is 4.99 Å². The van der Waals surface area contributed by atoms with E-state index in [2.05, 4.69) is 34.2 Å². The van der Waals surface area contributed by atoms with Gasteiger partial charge in [-0.15, -0.1) is 6.42 Å². The molecule has 0 fully saturated rings. The lowest BCUT2D eigenvalue weighted by molar-refractivity contribution is 0.590. The molecule has 0 bridgehead atoms. The molecule has 0 aromatic rings. The molecule has 5 heteroatoms. The number of nitriles is 1. The number of terminal acetylenes is 1. The number of aliphatic imine (C=N–C) groups is 1. The average Bonchev–Trinajstić information content (AvgIpc) is 2.14. The van der Waals surface area contributed by atoms with Crippen molar-refractivity contribution in [2.24, 2.45) is 4.99 Å². The van der Waals surface area contributed by atoms with Crippen LogP contribution < -0.4 is 10.6 Å². The summed E-state index contributed by atoms with van der Waals surface area (Å²) in [5.41, 5.74) is -0.528. The Morgan fingerprint density at radius 3 is 2.71 bits per heavy atom. The molecule has 0 aliphatic rings. The second-order valence-corrected chi connectivity index (χ2v) is 3.53. The largest absolute Gasteiger partial charge is 0.340 e. The Bertz CT molecular complexity index is 282. The van der Waals surface area contributed by atoms with E-state index in [-0.39, 0.29) is 0 Å². The van der Waals surface area contributed by atoms with E-state index < -0.39 is 5.54 Å². The van der Waals surface area contributed by atoms with Gasteiger partial charge in [-0.05, 0) is 13.8 Å². The van der Waals surface area contributed by atoms with Crippen molar-refractivity contribution in [1.82, 2.24) is 10.6 Å². The van der Waals surface area contributed by atoms with E-state index in [1.807, 2.05) is 13.8 Å². The number of guanidine groups is 1. The van der Waals surface area contributed by atoms with Crippen molar-refractivity contribution in [3.05, 3.63) is 0 Å². The van der Waals surface area contributed by atoms with Crippen molar-refractivity contribution in [3.8, 4) is 18.5 Å². The summed E-state index contributed by atoms with van der Waals surface area (Å²) in [6.45, 7) is 4.17. The van der Waals surface area contributed by atoms with Gasteiger partial charge in [0.15, 0.2) is 6.19 Å². The van der Waals surface area contributed by atoms with Gasteiger partial charge in [-0.25, -0.2) is 0 Å². The van der Waals surface area contributed by atoms with Crippen molar-refractivity contribution in [2.45, 2.75) is 19.4 Å². The predicted molar refractivity (Wildman–Crippen MR) is 61.0 cm³/mol. The molecule has 0 atom stereocenters. The molecule has 0 heterocycles. The maximum absolute atomic E-state index is 8.45. The number of nitrogens with zero attached hydrogens (tertiary/aromatic N) is 2. The third kappa shape index (κ3) is 5.34. The highest BCUT2D eigenvalue weighted by Crippen LogP contribution is 1.97. The first-order valence-corrected chi connectivity index (χ1v) is 4.75. The summed E-state index contributed by atoms with van der Waals surface area (Å²) < 4.78 is 0. The molecule has 4 nitrogen and oxygen atoms in total. The minimum Gasteiger partial charge on any atom is -0.340 e. The van der Waals surface area contributed by atoms with Gasteiger partial charge in [0, 0.05) is 5.75 Å². The molecule has 0 aromatic heterocycles. The van der Waals surface area contributed by atoms with Crippen molar-refractivity contribution in [3.63, 3.8) is 0 Å². The average molecular weight is 210 g/mol. The van der Waals surface area contributed by atoms with E-state index in [0.717, 1.165) is 0 Å². The van der Waals surface area contributed by atoms with Crippen molar-refractivity contribution in [2.75, 3.05) is 12.3 Å². The fraction of sp³-hybridized carbons (Fsp3) is 0.556. The Morgan fingerprint density at radius 2 is 2.29 bits per heavy atom. The van der Waals surface area contributed by atoms with Crippen LogP contribution in [0.25, 0.3) is 0 Å². The van der Waals surface area contributed by atoms with E-state index in [1.54, 1.807) is 6.19 Å². The van der Waals surface area contributed by atoms with Crippen LogP contribution in [0.4, 0.5) is 0 Å². The SMILES string of the molecule is C#CC(C)(C)N/C(=N/CCS)NC#N. The fourth-order valence-electron chi connectivity index (χ4n) is 0.657. The second kappa shape index (κ2) is 6.17. The normalized spacial score (nSPS) is 11.4. The van der Waals surface area contributed by atoms with Crippen LogP contribution >= 0.6 is 12.6 Å². The zero-order chi connectivity index (χ0) is 11.0. The van der Waals surface area contributed by atoms with Gasteiger partial charge in [0.05, 0.1) is 12.1 Å². The first kappa shape index (κ1) is 12.7. The number of rotatable bonds is 3. The summed E-state index contributed by atoms with van der Waals surface area (Å²) in [6, 6.07) is 0. The van der Waals surface area contributed by atoms with E-state index in [4.69, 9.17) is 11.7 Å². The first-order chi connectivity index (χ1) is 6.55. The Kier molecular flexibility index (Phi) is 5.59. The monoisotopic (exact) mass is 210 g/mol. The Morgan fingerprint density at radius 1 is 1.64 bits per heavy atom. The van der Waals surface area contributed by atoms with Gasteiger partial charge in [-0.1, -0.05) is 5.92 Å². The zero-order valence-corrected chi connectivity index (χ0v) is 9.23. The van der Waals surface area contributed by atoms with Gasteiger partial charge >= 0.3 is 0 Å². The maximum atomic E-state index is 8.45. The number of thiol groups is 1. The molecule has 0 amide bonds. The molecule has 14 heavy (non-hydrogen) atoms. The minimum absolute atomic E-state index is 0.379. The highest BCUT2D eigenvalue weighted by atomic mass is 32.1. The lowest BCUT2D eigenvalue weighted by Gasteiger charge is -2.21. The van der Waals surface area contributed by atoms with Gasteiger partial charge in [-0.2, -0.15) is 17.9 Å². The second-order valence-electron chi connectivity index (χ2n) is 3.09. The van der Waals surface area contributed by atoms with Gasteiger partial charge in [0.1, 0.15) is 0 Å². The van der Waals surface area contributed by atoms with Crippen LogP contribution in [0, 0.1) is 23.8 Å². The summed E-state index contributed by atoms with van der Waals surface area (Å²) in [5, 5.41) is 13.8. The molecular weight excluding hydrogens is 196 g/mol. The summed E-state index contributed by atoms with van der Waals surface area (Å²) >= 11 is 4.01. The maximum Gasteiger partial charge on any atom is 0.205 e. The molecule has 0 unspecified atom stereocenters. The Hall–Kier alpha value is -1.33. The van der Waals surface area contributed by atoms with Crippen LogP contribution in [0.3, 0.4) is 0 Å². The topological polar surface area (TPSA) is 60.2 Å². The molecule has 0 radical (unpaired) electrons. The Labute approximate surface area is 90.2 Å². The van der Waals surface area contributed by atoms with Gasteiger partial charge in [0.25, 0.3) is 0 Å². The molecular formula is C9H14N4S. The number of hydrogen-bond donors (Lipinski definition) is 3. The van der Waals surface area contributed by atoms with Crippen LogP contribution in [0.5, 0.6) is 0 Å². The van der Waals surface area contributed by atoms with Crippen molar-refractivity contribution < 1.29 is 0 Å². The van der Waals surface area contributed by atoms with E-state index in [0.29, 0.717) is 18.3 Å². The van der Waals surface area contributed by atoms with Gasteiger partial charge in [-0.3, -0.25) is 10.3 Å². The molecule has 0 rings (SSSR count). The lowest BCUT2D eigenvalue weighted by atomic mass is 10.1. The fourth-order valence-corrected chi connectivity index (χ4v) is 0.757. The molecule has 0 aliphatic heterocycles. The summed E-state index contributed by atoms with van der Waals surface area (Å²) in [5.74, 6) is 3.55. The van der Waals surface area contributed by atoms with E-state index in [9.17, 15) is 0 Å². The number of hydrogen-bond acceptors (Lipinski definition) is 3. The third-order valence-electron chi connectivity index (χ3n) is 1.34. The molecule has 0 aromatic carbocycles. The summed E-state index contributed by atoms with van der Waals surface area (Å²) in [7, 11) is 0. The third-order valence-corrected chi connectivity index (χ3v) is 1.54. The Balaban J connectivity index is 4.40. The quantitative estimate of drug-likeness (QED) is 0.157. The van der Waals surface area contributed by atoms with Crippen LogP contribution in [0.2, 0.25) is 0 Å². The highest BCUT2D eigenvalue weighted by Gasteiger charge is 2.14.